The van der Waals surface area contributed by atoms with Gasteiger partial charge in [0.2, 0.25) is 29.5 Å². The van der Waals surface area contributed by atoms with Gasteiger partial charge in [-0.25, -0.2) is 14.4 Å². The number of benzene rings is 5. The maximum atomic E-state index is 14.3. The molecule has 5 aliphatic rings. The van der Waals surface area contributed by atoms with Gasteiger partial charge < -0.3 is 68.9 Å². The third-order valence-electron chi connectivity index (χ3n) is 17.7. The highest BCUT2D eigenvalue weighted by Gasteiger charge is 2.45. The molecule has 5 heterocycles. The molecular formula is C75H86N10O18S. The Hall–Kier alpha value is -10.6. The van der Waals surface area contributed by atoms with E-state index in [0.717, 1.165) is 33.6 Å². The fourth-order valence-electron chi connectivity index (χ4n) is 12.3. The van der Waals surface area contributed by atoms with Crippen LogP contribution in [0.3, 0.4) is 0 Å². The van der Waals surface area contributed by atoms with Gasteiger partial charge in [0.1, 0.15) is 25.3 Å². The van der Waals surface area contributed by atoms with E-state index in [9.17, 15) is 51.9 Å². The van der Waals surface area contributed by atoms with Gasteiger partial charge in [-0.2, -0.15) is 13.1 Å². The molecular weight excluding hydrogens is 1360 g/mol. The van der Waals surface area contributed by atoms with Crippen molar-refractivity contribution in [2.45, 2.75) is 130 Å². The summed E-state index contributed by atoms with van der Waals surface area (Å²) in [6.45, 7) is 8.42. The van der Waals surface area contributed by atoms with Crippen LogP contribution in [0.5, 0.6) is 23.0 Å². The summed E-state index contributed by atoms with van der Waals surface area (Å²) in [5.74, 6) is 3.73. The maximum absolute atomic E-state index is 14.3. The molecule has 0 saturated carbocycles. The van der Waals surface area contributed by atoms with Gasteiger partial charge in [0.05, 0.1) is 94.1 Å². The predicted molar refractivity (Wildman–Crippen MR) is 384 cm³/mol. The Bertz CT molecular complexity index is 4340. The fourth-order valence-corrected chi connectivity index (χ4v) is 13.1. The van der Waals surface area contributed by atoms with Crippen LogP contribution in [0.15, 0.2) is 126 Å². The topological polar surface area (TPSA) is 341 Å². The Labute approximate surface area is 603 Å². The maximum Gasteiger partial charge on any atom is 0.416 e. The highest BCUT2D eigenvalue weighted by Crippen LogP contribution is 2.43. The van der Waals surface area contributed by atoms with E-state index in [4.69, 9.17) is 33.2 Å². The van der Waals surface area contributed by atoms with E-state index >= 15 is 0 Å². The van der Waals surface area contributed by atoms with Gasteiger partial charge in [-0.15, -0.1) is 0 Å². The summed E-state index contributed by atoms with van der Waals surface area (Å²) in [5, 5.41) is 20.0. The number of anilines is 3. The van der Waals surface area contributed by atoms with E-state index in [0.29, 0.717) is 71.1 Å². The monoisotopic (exact) mass is 1450 g/mol. The van der Waals surface area contributed by atoms with Crippen LogP contribution in [0, 0.1) is 17.8 Å². The Balaban J connectivity index is 0.623. The second-order valence-electron chi connectivity index (χ2n) is 25.9. The number of hydrogen-bond donors (Lipinski definition) is 6. The van der Waals surface area contributed by atoms with Gasteiger partial charge in [-0.05, 0) is 119 Å². The number of rotatable bonds is 32. The van der Waals surface area contributed by atoms with Crippen LogP contribution in [0.4, 0.5) is 27.5 Å². The summed E-state index contributed by atoms with van der Waals surface area (Å²) < 4.78 is 69.7. The number of fused-ring (bicyclic) bond motifs is 6. The van der Waals surface area contributed by atoms with Gasteiger partial charge in [-0.1, -0.05) is 79.3 Å². The van der Waals surface area contributed by atoms with Crippen molar-refractivity contribution in [3.05, 3.63) is 154 Å². The van der Waals surface area contributed by atoms with Crippen molar-refractivity contribution in [1.82, 2.24) is 29.9 Å². The summed E-state index contributed by atoms with van der Waals surface area (Å²) in [7, 11) is -1.30. The predicted octanol–water partition coefficient (Wildman–Crippen LogP) is 7.44. The quantitative estimate of drug-likeness (QED) is 0.0180. The molecule has 29 heteroatoms. The number of carbonyl (C=O) groups is 8. The first kappa shape index (κ1) is 76.0. The second-order valence-corrected chi connectivity index (χ2v) is 27.4. The molecule has 8 amide bonds. The zero-order valence-corrected chi connectivity index (χ0v) is 59.8. The largest absolute Gasteiger partial charge is 0.493 e. The van der Waals surface area contributed by atoms with Crippen molar-refractivity contribution < 1.29 is 85.0 Å². The van der Waals surface area contributed by atoms with E-state index in [-0.39, 0.29) is 112 Å². The van der Waals surface area contributed by atoms with Crippen molar-refractivity contribution in [1.29, 1.82) is 0 Å². The Kier molecular flexibility index (Phi) is 25.6. The molecule has 0 saturated heterocycles. The van der Waals surface area contributed by atoms with E-state index in [1.165, 1.54) is 38.2 Å². The van der Waals surface area contributed by atoms with E-state index < -0.39 is 82.7 Å². The molecule has 0 bridgehead atoms. The molecule has 550 valence electrons. The number of methoxy groups -OCH3 is 2. The van der Waals surface area contributed by atoms with Crippen molar-refractivity contribution in [2.75, 3.05) is 75.5 Å². The molecule has 28 nitrogen and oxygen atoms in total. The summed E-state index contributed by atoms with van der Waals surface area (Å²) in [6, 6.07) is 24.4. The number of aliphatic hydroxyl groups is 1. The number of hydrogen-bond acceptors (Lipinski definition) is 19. The molecule has 10 rings (SSSR count). The molecule has 0 aromatic heterocycles. The molecule has 0 radical (unpaired) electrons. The first-order valence-electron chi connectivity index (χ1n) is 34.3. The molecule has 5 atom stereocenters. The number of amides is 8. The van der Waals surface area contributed by atoms with Crippen LogP contribution in [0.1, 0.15) is 129 Å². The smallest absolute Gasteiger partial charge is 0.416 e. The minimum absolute atomic E-state index is 0.0137. The molecule has 104 heavy (non-hydrogen) atoms. The van der Waals surface area contributed by atoms with Crippen LogP contribution in [0.2, 0.25) is 0 Å². The third-order valence-corrected chi connectivity index (χ3v) is 18.8. The van der Waals surface area contributed by atoms with Crippen molar-refractivity contribution >= 4 is 86.6 Å². The number of nitrogens with one attached hydrogen (secondary N) is 5. The highest BCUT2D eigenvalue weighted by molar-refractivity contribution is 7.88. The summed E-state index contributed by atoms with van der Waals surface area (Å²) in [4.78, 5) is 118. The van der Waals surface area contributed by atoms with Crippen molar-refractivity contribution in [3.63, 3.8) is 0 Å². The standard InChI is InChI=1S/C75H86N10O18S/c1-46(2)69(80-67(87)45-100-33-32-99-31-28-77-104(95,96)81-66(86)20-15-21-68(88)83-43-53-18-10-9-16-51(53)24-25-52-17-11-12-19-59(52)83)71(90)78-49(5)70(89)79-54-26-22-50(23-27-54)44-103-75(94)85-60-39-65(63(98-7)37-57(60)73(92)84-42-48(4)35-61(84)74(85)93)102-30-14-8-13-29-101-64-38-58-56(36-62(64)97-6)72(91)82-41-47(3)34-55(82)40-76-58/h9-12,16-19,22-23,26-27,36-42,46,49,55,61,69,74,77,93H,8,13-15,20-21,28-35,43-45H2,1-7H3,(H,78,90)(H,79,89)(H,80,87)(H,81,86)/t49-,55-,61-,69-,74-/m0/s1. The van der Waals surface area contributed by atoms with Gasteiger partial charge in [0.15, 0.2) is 29.2 Å². The number of aliphatic hydroxyl groups excluding tert-OH is 1. The minimum atomic E-state index is -4.25. The summed E-state index contributed by atoms with van der Waals surface area (Å²) >= 11 is 0. The van der Waals surface area contributed by atoms with Crippen LogP contribution in [-0.2, 0) is 61.5 Å². The lowest BCUT2D eigenvalue weighted by Crippen LogP contribution is -2.54. The molecule has 5 aliphatic heterocycles. The zero-order chi connectivity index (χ0) is 74.2. The van der Waals surface area contributed by atoms with Gasteiger partial charge in [-0.3, -0.25) is 38.6 Å². The van der Waals surface area contributed by atoms with Crippen LogP contribution in [0.25, 0.3) is 0 Å². The molecule has 0 spiro atoms. The second kappa shape index (κ2) is 35.0. The van der Waals surface area contributed by atoms with Crippen LogP contribution >= 0.6 is 0 Å². The SMILES string of the molecule is COc1cc2c(cc1OCCCCCOc1cc3c(cc1OC)C(=O)N1C=C(C)C[C@H]1[C@H](O)N3C(=O)OCc1ccc(NC(=O)[C@H](C)NC(=O)[C@@H](NC(=O)COCCOCCNS(=O)(=O)NC(=O)CCCC(=O)N3Cc4ccccc4C#Cc4ccccc43)C(C)C)cc1)N=C[C@@H]1CC(C)=CN1C2=O. The lowest BCUT2D eigenvalue weighted by atomic mass is 10.0. The first-order valence-corrected chi connectivity index (χ1v) is 35.8. The number of unbranched alkanes of at least 4 members (excludes halogenated alkanes) is 2. The average molecular weight is 1450 g/mol. The highest BCUT2D eigenvalue weighted by atomic mass is 32.2. The van der Waals surface area contributed by atoms with Gasteiger partial charge in [0, 0.05) is 66.9 Å². The molecule has 6 N–H and O–H groups in total. The number of aliphatic imine (C=N–C) groups is 1. The zero-order valence-electron chi connectivity index (χ0n) is 59.0. The lowest BCUT2D eigenvalue weighted by molar-refractivity contribution is -0.133. The Morgan fingerprint density at radius 1 is 0.673 bits per heavy atom. The summed E-state index contributed by atoms with van der Waals surface area (Å²) in [5.41, 5.74) is 6.82. The molecule has 5 aromatic rings. The van der Waals surface area contributed by atoms with Crippen LogP contribution in [-0.4, -0.2) is 168 Å². The first-order chi connectivity index (χ1) is 50.0. The van der Waals surface area contributed by atoms with E-state index in [2.05, 4.69) is 37.5 Å². The Morgan fingerprint density at radius 3 is 2.06 bits per heavy atom. The van der Waals surface area contributed by atoms with Crippen LogP contribution < -0.4 is 54.1 Å². The molecule has 5 aromatic carbocycles. The van der Waals surface area contributed by atoms with Gasteiger partial charge in [0.25, 0.3) is 11.8 Å². The van der Waals surface area contributed by atoms with Crippen molar-refractivity contribution in [3.8, 4) is 34.8 Å². The number of carbonyl (C=O) groups excluding carboxylic acids is 8. The van der Waals surface area contributed by atoms with Gasteiger partial charge >= 0.3 is 16.3 Å². The normalized spacial score (nSPS) is 16.9. The number of nitrogens with zero attached hydrogens (tertiary/aromatic N) is 5. The number of ether oxygens (including phenoxy) is 7. The van der Waals surface area contributed by atoms with Crippen molar-refractivity contribution in [2.24, 2.45) is 10.9 Å². The lowest BCUT2D eigenvalue weighted by Gasteiger charge is -2.31. The molecule has 0 unspecified atom stereocenters. The van der Waals surface area contributed by atoms with E-state index in [1.54, 1.807) is 72.5 Å². The summed E-state index contributed by atoms with van der Waals surface area (Å²) in [6.07, 6.45) is 5.54. The minimum Gasteiger partial charge on any atom is -0.493 e. The van der Waals surface area contributed by atoms with E-state index in [1.807, 2.05) is 73.3 Å². The third kappa shape index (κ3) is 19.2. The molecule has 0 aliphatic carbocycles. The fraction of sp³-hybridized carbons (Fsp3) is 0.400. The average Bonchev–Trinajstić information content (AvgIpc) is 1.58. The molecule has 0 fully saturated rings. The Morgan fingerprint density at radius 2 is 1.33 bits per heavy atom. The number of para-hydroxylation sites is 1.